The van der Waals surface area contributed by atoms with Crippen LogP contribution in [-0.4, -0.2) is 43.1 Å². The van der Waals surface area contributed by atoms with Gasteiger partial charge in [0.15, 0.2) is 0 Å². The SMILES string of the molecule is CC(C)(C)CC(C)(C)[NH2+]C[C@H](O)COCCOc1ccc(Cl)cc1. The lowest BCUT2D eigenvalue weighted by atomic mass is 9.82. The van der Waals surface area contributed by atoms with Gasteiger partial charge >= 0.3 is 0 Å². The molecule has 0 aromatic heterocycles. The Balaban J connectivity index is 2.13. The molecule has 3 N–H and O–H groups in total. The summed E-state index contributed by atoms with van der Waals surface area (Å²) >= 11 is 5.82. The highest BCUT2D eigenvalue weighted by atomic mass is 35.5. The number of benzene rings is 1. The van der Waals surface area contributed by atoms with Crippen LogP contribution in [0.4, 0.5) is 0 Å². The molecule has 24 heavy (non-hydrogen) atoms. The van der Waals surface area contributed by atoms with E-state index in [2.05, 4.69) is 39.9 Å². The third kappa shape index (κ3) is 10.1. The van der Waals surface area contributed by atoms with Gasteiger partial charge in [-0.05, 0) is 43.5 Å². The van der Waals surface area contributed by atoms with Gasteiger partial charge in [0.25, 0.3) is 0 Å². The van der Waals surface area contributed by atoms with Crippen molar-refractivity contribution in [3.63, 3.8) is 0 Å². The lowest BCUT2D eigenvalue weighted by Gasteiger charge is -2.31. The highest BCUT2D eigenvalue weighted by molar-refractivity contribution is 6.30. The largest absolute Gasteiger partial charge is 0.491 e. The average Bonchev–Trinajstić information content (AvgIpc) is 2.44. The first-order valence-corrected chi connectivity index (χ1v) is 8.94. The zero-order valence-electron chi connectivity index (χ0n) is 15.6. The van der Waals surface area contributed by atoms with Crippen molar-refractivity contribution in [2.45, 2.75) is 52.7 Å². The van der Waals surface area contributed by atoms with Gasteiger partial charge in [0.2, 0.25) is 0 Å². The van der Waals surface area contributed by atoms with E-state index in [9.17, 15) is 5.11 Å². The van der Waals surface area contributed by atoms with Gasteiger partial charge in [-0.15, -0.1) is 0 Å². The van der Waals surface area contributed by atoms with E-state index >= 15 is 0 Å². The van der Waals surface area contributed by atoms with Gasteiger partial charge in [-0.1, -0.05) is 32.4 Å². The number of quaternary nitrogens is 1. The average molecular weight is 359 g/mol. The molecule has 0 radical (unpaired) electrons. The third-order valence-corrected chi connectivity index (χ3v) is 3.80. The maximum atomic E-state index is 10.0. The Kier molecular flexibility index (Phi) is 8.51. The Labute approximate surface area is 151 Å². The molecule has 0 aliphatic carbocycles. The molecule has 1 atom stereocenters. The molecule has 1 rings (SSSR count). The van der Waals surface area contributed by atoms with Gasteiger partial charge in [0.05, 0.1) is 18.8 Å². The number of hydrogen-bond acceptors (Lipinski definition) is 3. The van der Waals surface area contributed by atoms with E-state index in [0.717, 1.165) is 12.2 Å². The van der Waals surface area contributed by atoms with Crippen molar-refractivity contribution in [3.05, 3.63) is 29.3 Å². The van der Waals surface area contributed by atoms with Gasteiger partial charge < -0.3 is 19.9 Å². The van der Waals surface area contributed by atoms with Crippen molar-refractivity contribution in [2.75, 3.05) is 26.4 Å². The van der Waals surface area contributed by atoms with E-state index in [0.29, 0.717) is 31.4 Å². The second kappa shape index (κ2) is 9.62. The van der Waals surface area contributed by atoms with Crippen LogP contribution in [0.2, 0.25) is 5.02 Å². The highest BCUT2D eigenvalue weighted by Gasteiger charge is 2.28. The van der Waals surface area contributed by atoms with Gasteiger partial charge in [-0.3, -0.25) is 0 Å². The van der Waals surface area contributed by atoms with Crippen LogP contribution >= 0.6 is 11.6 Å². The lowest BCUT2D eigenvalue weighted by Crippen LogP contribution is -2.97. The van der Waals surface area contributed by atoms with E-state index in [1.165, 1.54) is 0 Å². The van der Waals surface area contributed by atoms with Crippen LogP contribution in [0.5, 0.6) is 5.75 Å². The van der Waals surface area contributed by atoms with E-state index in [1.54, 1.807) is 12.1 Å². The first kappa shape index (κ1) is 21.2. The third-order valence-electron chi connectivity index (χ3n) is 3.55. The maximum absolute atomic E-state index is 10.0. The lowest BCUT2D eigenvalue weighted by molar-refractivity contribution is -0.728. The Morgan fingerprint density at radius 1 is 1.08 bits per heavy atom. The maximum Gasteiger partial charge on any atom is 0.126 e. The minimum absolute atomic E-state index is 0.108. The quantitative estimate of drug-likeness (QED) is 0.632. The molecule has 0 spiro atoms. The Bertz CT molecular complexity index is 468. The summed E-state index contributed by atoms with van der Waals surface area (Å²) in [6, 6.07) is 7.22. The minimum Gasteiger partial charge on any atom is -0.491 e. The fraction of sp³-hybridized carbons (Fsp3) is 0.684. The molecule has 4 nitrogen and oxygen atoms in total. The number of nitrogens with two attached hydrogens (primary N) is 1. The summed E-state index contributed by atoms with van der Waals surface area (Å²) in [6.45, 7) is 13.0. The zero-order valence-corrected chi connectivity index (χ0v) is 16.4. The number of rotatable bonds is 10. The zero-order chi connectivity index (χ0) is 18.2. The van der Waals surface area contributed by atoms with Crippen LogP contribution in [0.25, 0.3) is 0 Å². The molecule has 1 aromatic carbocycles. The molecular formula is C19H33ClNO3+. The Morgan fingerprint density at radius 3 is 2.29 bits per heavy atom. The van der Waals surface area contributed by atoms with Crippen molar-refractivity contribution in [1.82, 2.24) is 0 Å². The molecule has 0 fully saturated rings. The molecule has 0 aliphatic rings. The highest BCUT2D eigenvalue weighted by Crippen LogP contribution is 2.24. The molecule has 5 heteroatoms. The number of halogens is 1. The summed E-state index contributed by atoms with van der Waals surface area (Å²) in [5, 5.41) is 12.9. The number of ether oxygens (including phenoxy) is 2. The molecule has 0 saturated carbocycles. The Hall–Kier alpha value is -0.810. The summed E-state index contributed by atoms with van der Waals surface area (Å²) in [6.07, 6.45) is 0.613. The van der Waals surface area contributed by atoms with Crippen molar-refractivity contribution < 1.29 is 19.9 Å². The molecule has 0 aliphatic heterocycles. The van der Waals surface area contributed by atoms with Crippen LogP contribution in [-0.2, 0) is 4.74 Å². The number of hydrogen-bond donors (Lipinski definition) is 2. The summed E-state index contributed by atoms with van der Waals surface area (Å²) in [5.41, 5.74) is 0.386. The molecular weight excluding hydrogens is 326 g/mol. The van der Waals surface area contributed by atoms with E-state index in [-0.39, 0.29) is 11.0 Å². The topological polar surface area (TPSA) is 55.3 Å². The van der Waals surface area contributed by atoms with Crippen molar-refractivity contribution in [1.29, 1.82) is 0 Å². The molecule has 0 bridgehead atoms. The summed E-state index contributed by atoms with van der Waals surface area (Å²) in [4.78, 5) is 0. The van der Waals surface area contributed by atoms with Crippen LogP contribution in [0.3, 0.4) is 0 Å². The number of aliphatic hydroxyl groups excluding tert-OH is 1. The fourth-order valence-corrected chi connectivity index (χ4v) is 3.06. The second-order valence-electron chi connectivity index (χ2n) is 8.20. The minimum atomic E-state index is -0.472. The summed E-state index contributed by atoms with van der Waals surface area (Å²) in [5.74, 6) is 0.765. The molecule has 138 valence electrons. The summed E-state index contributed by atoms with van der Waals surface area (Å²) in [7, 11) is 0. The van der Waals surface area contributed by atoms with Crippen LogP contribution in [0, 0.1) is 5.41 Å². The molecule has 0 saturated heterocycles. The molecule has 0 amide bonds. The van der Waals surface area contributed by atoms with Crippen LogP contribution in [0.1, 0.15) is 41.0 Å². The molecule has 0 heterocycles. The predicted octanol–water partition coefficient (Wildman–Crippen LogP) is 2.87. The van der Waals surface area contributed by atoms with Gasteiger partial charge in [-0.25, -0.2) is 0 Å². The first-order valence-electron chi connectivity index (χ1n) is 8.56. The monoisotopic (exact) mass is 358 g/mol. The van der Waals surface area contributed by atoms with E-state index in [1.807, 2.05) is 12.1 Å². The van der Waals surface area contributed by atoms with Gasteiger partial charge in [0.1, 0.15) is 25.0 Å². The predicted molar refractivity (Wildman–Crippen MR) is 98.7 cm³/mol. The van der Waals surface area contributed by atoms with Crippen molar-refractivity contribution >= 4 is 11.6 Å². The summed E-state index contributed by atoms with van der Waals surface area (Å²) < 4.78 is 11.0. The van der Waals surface area contributed by atoms with Crippen molar-refractivity contribution in [3.8, 4) is 5.75 Å². The van der Waals surface area contributed by atoms with E-state index in [4.69, 9.17) is 21.1 Å². The normalized spacial score (nSPS) is 13.8. The van der Waals surface area contributed by atoms with Crippen LogP contribution in [0.15, 0.2) is 24.3 Å². The number of aliphatic hydroxyl groups is 1. The smallest absolute Gasteiger partial charge is 0.126 e. The second-order valence-corrected chi connectivity index (χ2v) is 8.63. The standard InChI is InChI=1S/C19H32ClNO3/c1-18(2,3)14-19(4,5)21-12-16(22)13-23-10-11-24-17-8-6-15(20)7-9-17/h6-9,16,21-22H,10-14H2,1-5H3/p+1/t16-/m0/s1. The van der Waals surface area contributed by atoms with Crippen molar-refractivity contribution in [2.24, 2.45) is 5.41 Å². The molecule has 1 aromatic rings. The van der Waals surface area contributed by atoms with Crippen LogP contribution < -0.4 is 10.1 Å². The molecule has 0 unspecified atom stereocenters. The first-order chi connectivity index (χ1) is 11.1. The van der Waals surface area contributed by atoms with Gasteiger partial charge in [0, 0.05) is 11.4 Å². The Morgan fingerprint density at radius 2 is 1.71 bits per heavy atom. The van der Waals surface area contributed by atoms with Gasteiger partial charge in [-0.2, -0.15) is 0 Å². The fourth-order valence-electron chi connectivity index (χ4n) is 2.93. The van der Waals surface area contributed by atoms with E-state index < -0.39 is 6.10 Å².